The molecule has 0 aliphatic carbocycles. The van der Waals surface area contributed by atoms with Crippen molar-refractivity contribution in [3.63, 3.8) is 0 Å². The van der Waals surface area contributed by atoms with E-state index in [1.165, 1.54) is 23.1 Å². The molecule has 0 fully saturated rings. The van der Waals surface area contributed by atoms with E-state index in [9.17, 15) is 9.90 Å². The third kappa shape index (κ3) is 1.62. The Morgan fingerprint density at radius 1 is 1.38 bits per heavy atom. The van der Waals surface area contributed by atoms with Crippen molar-refractivity contribution in [1.29, 1.82) is 0 Å². The Labute approximate surface area is 92.0 Å². The summed E-state index contributed by atoms with van der Waals surface area (Å²) in [6.45, 7) is 3.71. The van der Waals surface area contributed by atoms with Crippen molar-refractivity contribution in [2.75, 3.05) is 0 Å². The fourth-order valence-electron chi connectivity index (χ4n) is 1.72. The van der Waals surface area contributed by atoms with Crippen molar-refractivity contribution in [3.05, 3.63) is 24.3 Å². The standard InChI is InChI=1S/C10H12N4O2/c1-6(2)8(9(15)16)7-5-12-10-11-3-4-13-14(7)10/h3-6,8H,1-2H3,(H,15,16). The van der Waals surface area contributed by atoms with Crippen LogP contribution in [0.5, 0.6) is 0 Å². The summed E-state index contributed by atoms with van der Waals surface area (Å²) in [5.74, 6) is -1.10. The largest absolute Gasteiger partial charge is 0.481 e. The van der Waals surface area contributed by atoms with Crippen LogP contribution in [0.25, 0.3) is 5.78 Å². The minimum Gasteiger partial charge on any atom is -0.481 e. The molecule has 2 heterocycles. The van der Waals surface area contributed by atoms with Gasteiger partial charge in [0.2, 0.25) is 0 Å². The lowest BCUT2D eigenvalue weighted by atomic mass is 9.93. The van der Waals surface area contributed by atoms with Gasteiger partial charge < -0.3 is 5.11 Å². The van der Waals surface area contributed by atoms with E-state index >= 15 is 0 Å². The van der Waals surface area contributed by atoms with Crippen LogP contribution in [0, 0.1) is 5.92 Å². The van der Waals surface area contributed by atoms with E-state index in [2.05, 4.69) is 15.1 Å². The zero-order chi connectivity index (χ0) is 11.7. The van der Waals surface area contributed by atoms with Crippen LogP contribution in [0.3, 0.4) is 0 Å². The van der Waals surface area contributed by atoms with Gasteiger partial charge in [-0.3, -0.25) is 4.79 Å². The molecule has 6 nitrogen and oxygen atoms in total. The maximum atomic E-state index is 11.2. The molecule has 2 aromatic rings. The topological polar surface area (TPSA) is 80.4 Å². The quantitative estimate of drug-likeness (QED) is 0.832. The predicted molar refractivity (Wildman–Crippen MR) is 56.0 cm³/mol. The van der Waals surface area contributed by atoms with E-state index in [1.54, 1.807) is 0 Å². The third-order valence-corrected chi connectivity index (χ3v) is 2.44. The van der Waals surface area contributed by atoms with Gasteiger partial charge >= 0.3 is 5.97 Å². The first-order valence-corrected chi connectivity index (χ1v) is 4.98. The van der Waals surface area contributed by atoms with Crippen molar-refractivity contribution in [3.8, 4) is 0 Å². The first-order valence-electron chi connectivity index (χ1n) is 4.98. The van der Waals surface area contributed by atoms with Gasteiger partial charge in [0.05, 0.1) is 24.3 Å². The van der Waals surface area contributed by atoms with Crippen molar-refractivity contribution in [2.45, 2.75) is 19.8 Å². The minimum absolute atomic E-state index is 0.0283. The molecule has 0 spiro atoms. The molecule has 1 unspecified atom stereocenters. The molecule has 0 amide bonds. The second-order valence-electron chi connectivity index (χ2n) is 3.90. The van der Waals surface area contributed by atoms with Crippen molar-refractivity contribution < 1.29 is 9.90 Å². The number of carbonyl (C=O) groups is 1. The second-order valence-corrected chi connectivity index (χ2v) is 3.90. The minimum atomic E-state index is -0.873. The maximum absolute atomic E-state index is 11.2. The van der Waals surface area contributed by atoms with Crippen LogP contribution in [0.2, 0.25) is 0 Å². The highest BCUT2D eigenvalue weighted by atomic mass is 16.4. The number of carboxylic acids is 1. The van der Waals surface area contributed by atoms with Gasteiger partial charge in [0.1, 0.15) is 5.92 Å². The van der Waals surface area contributed by atoms with Crippen molar-refractivity contribution >= 4 is 11.7 Å². The highest BCUT2D eigenvalue weighted by Crippen LogP contribution is 2.24. The molecule has 0 aliphatic rings. The summed E-state index contributed by atoms with van der Waals surface area (Å²) in [6.07, 6.45) is 4.56. The molecular formula is C10H12N4O2. The van der Waals surface area contributed by atoms with Crippen molar-refractivity contribution in [2.24, 2.45) is 5.92 Å². The first kappa shape index (κ1) is 10.5. The number of fused-ring (bicyclic) bond motifs is 1. The Bertz CT molecular complexity index is 520. The molecule has 6 heteroatoms. The molecule has 0 aromatic carbocycles. The molecule has 2 rings (SSSR count). The predicted octanol–water partition coefficient (Wildman–Crippen LogP) is 0.948. The smallest absolute Gasteiger partial charge is 0.312 e. The highest BCUT2D eigenvalue weighted by Gasteiger charge is 2.27. The maximum Gasteiger partial charge on any atom is 0.312 e. The summed E-state index contributed by atoms with van der Waals surface area (Å²) < 4.78 is 1.47. The van der Waals surface area contributed by atoms with Crippen LogP contribution in [0.1, 0.15) is 25.5 Å². The lowest BCUT2D eigenvalue weighted by molar-refractivity contribution is -0.140. The van der Waals surface area contributed by atoms with Crippen molar-refractivity contribution in [1.82, 2.24) is 19.6 Å². The van der Waals surface area contributed by atoms with Crippen LogP contribution in [0.4, 0.5) is 0 Å². The molecule has 0 radical (unpaired) electrons. The number of hydrogen-bond acceptors (Lipinski definition) is 4. The zero-order valence-corrected chi connectivity index (χ0v) is 9.03. The summed E-state index contributed by atoms with van der Waals surface area (Å²) in [5, 5.41) is 13.2. The number of hydrogen-bond donors (Lipinski definition) is 1. The van der Waals surface area contributed by atoms with E-state index in [1.807, 2.05) is 13.8 Å². The van der Waals surface area contributed by atoms with E-state index in [0.29, 0.717) is 11.5 Å². The lowest BCUT2D eigenvalue weighted by Gasteiger charge is -2.14. The zero-order valence-electron chi connectivity index (χ0n) is 9.03. The van der Waals surface area contributed by atoms with Crippen LogP contribution in [0.15, 0.2) is 18.6 Å². The van der Waals surface area contributed by atoms with E-state index in [-0.39, 0.29) is 5.92 Å². The SMILES string of the molecule is CC(C)C(C(=O)O)c1cnc2nccnn12. The fraction of sp³-hybridized carbons (Fsp3) is 0.400. The Morgan fingerprint density at radius 2 is 2.12 bits per heavy atom. The Morgan fingerprint density at radius 3 is 2.75 bits per heavy atom. The van der Waals surface area contributed by atoms with Gasteiger partial charge in [-0.2, -0.15) is 5.10 Å². The Balaban J connectivity index is 2.57. The number of aliphatic carboxylic acids is 1. The molecule has 0 saturated carbocycles. The molecular weight excluding hydrogens is 208 g/mol. The molecule has 0 saturated heterocycles. The molecule has 0 aliphatic heterocycles. The average molecular weight is 220 g/mol. The molecule has 1 atom stereocenters. The van der Waals surface area contributed by atoms with Gasteiger partial charge in [0.15, 0.2) is 0 Å². The van der Waals surface area contributed by atoms with Gasteiger partial charge in [0, 0.05) is 0 Å². The number of imidazole rings is 1. The van der Waals surface area contributed by atoms with Gasteiger partial charge in [-0.25, -0.2) is 14.5 Å². The number of aromatic nitrogens is 4. The number of nitrogens with zero attached hydrogens (tertiary/aromatic N) is 4. The molecule has 16 heavy (non-hydrogen) atoms. The van der Waals surface area contributed by atoms with Gasteiger partial charge in [-0.1, -0.05) is 13.8 Å². The number of carboxylic acid groups (broad SMARTS) is 1. The van der Waals surface area contributed by atoms with Crippen LogP contribution >= 0.6 is 0 Å². The summed E-state index contributed by atoms with van der Waals surface area (Å²) in [7, 11) is 0. The van der Waals surface area contributed by atoms with E-state index in [0.717, 1.165) is 0 Å². The first-order chi connectivity index (χ1) is 7.61. The van der Waals surface area contributed by atoms with Crippen LogP contribution < -0.4 is 0 Å². The van der Waals surface area contributed by atoms with Gasteiger partial charge in [0.25, 0.3) is 5.78 Å². The van der Waals surface area contributed by atoms with Gasteiger partial charge in [-0.05, 0) is 5.92 Å². The third-order valence-electron chi connectivity index (χ3n) is 2.44. The van der Waals surface area contributed by atoms with E-state index < -0.39 is 11.9 Å². The van der Waals surface area contributed by atoms with Crippen LogP contribution in [-0.4, -0.2) is 30.7 Å². The summed E-state index contributed by atoms with van der Waals surface area (Å²) in [6, 6.07) is 0. The summed E-state index contributed by atoms with van der Waals surface area (Å²) in [4.78, 5) is 19.2. The summed E-state index contributed by atoms with van der Waals surface area (Å²) in [5.41, 5.74) is 0.561. The monoisotopic (exact) mass is 220 g/mol. The Kier molecular flexibility index (Phi) is 2.55. The van der Waals surface area contributed by atoms with E-state index in [4.69, 9.17) is 0 Å². The molecule has 2 aromatic heterocycles. The normalized spacial score (nSPS) is 13.2. The average Bonchev–Trinajstić information content (AvgIpc) is 2.61. The molecule has 1 N–H and O–H groups in total. The highest BCUT2D eigenvalue weighted by molar-refractivity contribution is 5.76. The molecule has 0 bridgehead atoms. The lowest BCUT2D eigenvalue weighted by Crippen LogP contribution is -2.19. The second kappa shape index (κ2) is 3.88. The summed E-state index contributed by atoms with van der Waals surface area (Å²) >= 11 is 0. The molecule has 84 valence electrons. The van der Waals surface area contributed by atoms with Crippen LogP contribution in [-0.2, 0) is 4.79 Å². The fourth-order valence-corrected chi connectivity index (χ4v) is 1.72. The van der Waals surface area contributed by atoms with Gasteiger partial charge in [-0.15, -0.1) is 0 Å². The number of rotatable bonds is 3. The Hall–Kier alpha value is -1.98.